The summed E-state index contributed by atoms with van der Waals surface area (Å²) in [5, 5.41) is 0. The summed E-state index contributed by atoms with van der Waals surface area (Å²) in [7, 11) is -1.42. The van der Waals surface area contributed by atoms with Gasteiger partial charge in [-0.2, -0.15) is 11.1 Å². The molecule has 0 aromatic heterocycles. The Morgan fingerprint density at radius 1 is 1.00 bits per heavy atom. The van der Waals surface area contributed by atoms with Crippen LogP contribution in [0, 0.1) is 35.5 Å². The van der Waals surface area contributed by atoms with Gasteiger partial charge in [0, 0.05) is 0 Å². The smallest absolute Gasteiger partial charge is 0.153 e. The Morgan fingerprint density at radius 2 is 1.69 bits per heavy atom. The van der Waals surface area contributed by atoms with E-state index >= 15 is 0 Å². The predicted molar refractivity (Wildman–Crippen MR) is 71.0 cm³/mol. The molecule has 88 valence electrons. The zero-order valence-corrected chi connectivity index (χ0v) is 12.0. The lowest BCUT2D eigenvalue weighted by atomic mass is 9.73. The Hall–Kier alpha value is 0.247. The van der Waals surface area contributed by atoms with Gasteiger partial charge < -0.3 is 0 Å². The standard InChI is InChI=1S/C14H21ClSi/c1-16(2,15)12-7-10-6-11(12)14-9-4-3-8(5-9)13(10)14/h3-4,8-14H,5-7H2,1-2H3. The average molecular weight is 253 g/mol. The summed E-state index contributed by atoms with van der Waals surface area (Å²) in [6.07, 6.45) is 9.56. The Morgan fingerprint density at radius 3 is 2.38 bits per heavy atom. The minimum atomic E-state index is -1.42. The molecule has 0 heterocycles. The van der Waals surface area contributed by atoms with Crippen molar-refractivity contribution >= 4 is 18.5 Å². The number of hydrogen-bond donors (Lipinski definition) is 0. The minimum Gasteiger partial charge on any atom is -0.167 e. The van der Waals surface area contributed by atoms with E-state index in [1.807, 2.05) is 0 Å². The van der Waals surface area contributed by atoms with Gasteiger partial charge in [0.15, 0.2) is 7.38 Å². The van der Waals surface area contributed by atoms with E-state index in [1.54, 1.807) is 0 Å². The first-order valence-electron chi connectivity index (χ1n) is 6.93. The molecule has 0 N–H and O–H groups in total. The highest BCUT2D eigenvalue weighted by molar-refractivity contribution is 7.19. The van der Waals surface area contributed by atoms with Gasteiger partial charge in [-0.15, -0.1) is 0 Å². The van der Waals surface area contributed by atoms with Crippen LogP contribution in [0.2, 0.25) is 18.6 Å². The number of halogens is 1. The van der Waals surface area contributed by atoms with Gasteiger partial charge in [0.1, 0.15) is 0 Å². The lowest BCUT2D eigenvalue weighted by molar-refractivity contribution is 0.204. The third kappa shape index (κ3) is 1.12. The van der Waals surface area contributed by atoms with Crippen molar-refractivity contribution in [1.82, 2.24) is 0 Å². The molecule has 0 saturated heterocycles. The van der Waals surface area contributed by atoms with Crippen LogP contribution in [0.25, 0.3) is 0 Å². The Kier molecular flexibility index (Phi) is 1.90. The van der Waals surface area contributed by atoms with E-state index in [0.29, 0.717) is 0 Å². The highest BCUT2D eigenvalue weighted by Gasteiger charge is 2.62. The third-order valence-corrected chi connectivity index (χ3v) is 9.42. The molecule has 0 radical (unpaired) electrons. The molecule has 16 heavy (non-hydrogen) atoms. The molecule has 7 atom stereocenters. The van der Waals surface area contributed by atoms with Crippen LogP contribution in [-0.4, -0.2) is 7.38 Å². The first-order chi connectivity index (χ1) is 7.55. The van der Waals surface area contributed by atoms with E-state index < -0.39 is 7.38 Å². The molecule has 0 aromatic rings. The van der Waals surface area contributed by atoms with E-state index in [0.717, 1.165) is 41.0 Å². The fourth-order valence-electron chi connectivity index (χ4n) is 5.81. The summed E-state index contributed by atoms with van der Waals surface area (Å²) in [4.78, 5) is 0. The zero-order chi connectivity index (χ0) is 11.1. The number of rotatable bonds is 1. The molecule has 4 aliphatic rings. The van der Waals surface area contributed by atoms with E-state index in [-0.39, 0.29) is 0 Å². The van der Waals surface area contributed by atoms with Crippen LogP contribution in [0.3, 0.4) is 0 Å². The lowest BCUT2D eigenvalue weighted by Crippen LogP contribution is -2.37. The van der Waals surface area contributed by atoms with Crippen molar-refractivity contribution in [3.05, 3.63) is 12.2 Å². The minimum absolute atomic E-state index is 0.924. The molecule has 4 rings (SSSR count). The Labute approximate surface area is 104 Å². The largest absolute Gasteiger partial charge is 0.167 e. The van der Waals surface area contributed by atoms with Gasteiger partial charge in [0.2, 0.25) is 0 Å². The maximum absolute atomic E-state index is 6.75. The van der Waals surface area contributed by atoms with E-state index in [2.05, 4.69) is 25.2 Å². The second-order valence-electron chi connectivity index (χ2n) is 7.17. The molecule has 3 fully saturated rings. The molecule has 2 heteroatoms. The van der Waals surface area contributed by atoms with Gasteiger partial charge in [-0.1, -0.05) is 25.2 Å². The topological polar surface area (TPSA) is 0 Å². The Balaban J connectivity index is 1.68. The molecular weight excluding hydrogens is 232 g/mol. The van der Waals surface area contributed by atoms with Crippen LogP contribution in [-0.2, 0) is 0 Å². The third-order valence-electron chi connectivity index (χ3n) is 6.15. The highest BCUT2D eigenvalue weighted by Crippen LogP contribution is 2.70. The SMILES string of the molecule is C[Si](C)(Cl)C1CC2CC1C1C3C=CC(C3)C21. The molecule has 0 nitrogen and oxygen atoms in total. The predicted octanol–water partition coefficient (Wildman–Crippen LogP) is 4.28. The van der Waals surface area contributed by atoms with Crippen LogP contribution >= 0.6 is 11.1 Å². The van der Waals surface area contributed by atoms with Crippen molar-refractivity contribution in [2.24, 2.45) is 35.5 Å². The summed E-state index contributed by atoms with van der Waals surface area (Å²) in [5.41, 5.74) is 0.924. The molecule has 0 aromatic carbocycles. The monoisotopic (exact) mass is 252 g/mol. The van der Waals surface area contributed by atoms with Crippen LogP contribution in [0.5, 0.6) is 0 Å². The molecule has 4 bridgehead atoms. The molecular formula is C14H21ClSi. The summed E-state index contributed by atoms with van der Waals surface area (Å²) in [6, 6.07) is 0. The van der Waals surface area contributed by atoms with Gasteiger partial charge in [0.25, 0.3) is 0 Å². The summed E-state index contributed by atoms with van der Waals surface area (Å²) < 4.78 is 0. The molecule has 0 aliphatic heterocycles. The Bertz CT molecular complexity index is 356. The van der Waals surface area contributed by atoms with Crippen molar-refractivity contribution in [3.63, 3.8) is 0 Å². The first-order valence-corrected chi connectivity index (χ1v) is 11.0. The maximum atomic E-state index is 6.75. The van der Waals surface area contributed by atoms with Gasteiger partial charge in [-0.25, -0.2) is 0 Å². The summed E-state index contributed by atoms with van der Waals surface area (Å²) in [5.74, 6) is 6.08. The van der Waals surface area contributed by atoms with Crippen molar-refractivity contribution in [2.45, 2.75) is 37.9 Å². The molecule has 3 saturated carbocycles. The number of fused-ring (bicyclic) bond motifs is 9. The van der Waals surface area contributed by atoms with Crippen molar-refractivity contribution in [3.8, 4) is 0 Å². The fourth-order valence-corrected chi connectivity index (χ4v) is 8.80. The maximum Gasteiger partial charge on any atom is 0.153 e. The van der Waals surface area contributed by atoms with Gasteiger partial charge in [-0.05, 0) is 60.3 Å². The number of allylic oxidation sites excluding steroid dienone is 2. The van der Waals surface area contributed by atoms with Crippen LogP contribution in [0.1, 0.15) is 19.3 Å². The van der Waals surface area contributed by atoms with Crippen LogP contribution in [0.15, 0.2) is 12.2 Å². The lowest BCUT2D eigenvalue weighted by Gasteiger charge is -2.40. The van der Waals surface area contributed by atoms with Gasteiger partial charge in [0.05, 0.1) is 0 Å². The van der Waals surface area contributed by atoms with E-state index in [1.165, 1.54) is 19.3 Å². The normalized spacial score (nSPS) is 57.3. The second-order valence-corrected chi connectivity index (χ2v) is 14.0. The van der Waals surface area contributed by atoms with Crippen molar-refractivity contribution in [2.75, 3.05) is 0 Å². The van der Waals surface area contributed by atoms with Crippen LogP contribution < -0.4 is 0 Å². The van der Waals surface area contributed by atoms with E-state index in [4.69, 9.17) is 11.1 Å². The highest BCUT2D eigenvalue weighted by atomic mass is 35.6. The second kappa shape index (κ2) is 2.98. The van der Waals surface area contributed by atoms with E-state index in [9.17, 15) is 0 Å². The van der Waals surface area contributed by atoms with Crippen LogP contribution in [0.4, 0.5) is 0 Å². The zero-order valence-electron chi connectivity index (χ0n) is 10.2. The average Bonchev–Trinajstić information content (AvgIpc) is 2.94. The van der Waals surface area contributed by atoms with Gasteiger partial charge in [-0.3, -0.25) is 0 Å². The first kappa shape index (κ1) is 10.2. The molecule has 0 spiro atoms. The van der Waals surface area contributed by atoms with Crippen molar-refractivity contribution in [1.29, 1.82) is 0 Å². The summed E-state index contributed by atoms with van der Waals surface area (Å²) >= 11 is 6.75. The molecule has 4 aliphatic carbocycles. The molecule has 7 unspecified atom stereocenters. The molecule has 0 amide bonds. The summed E-state index contributed by atoms with van der Waals surface area (Å²) in [6.45, 7) is 4.75. The fraction of sp³-hybridized carbons (Fsp3) is 0.857. The quantitative estimate of drug-likeness (QED) is 0.283. The van der Waals surface area contributed by atoms with Crippen molar-refractivity contribution < 1.29 is 0 Å². The van der Waals surface area contributed by atoms with Gasteiger partial charge >= 0.3 is 0 Å². The number of hydrogen-bond acceptors (Lipinski definition) is 0.